The number of imidazole rings is 3. The summed E-state index contributed by atoms with van der Waals surface area (Å²) in [6.07, 6.45) is 10.1. The first-order chi connectivity index (χ1) is 13.8. The van der Waals surface area contributed by atoms with Crippen LogP contribution in [0, 0.1) is 0 Å². The van der Waals surface area contributed by atoms with Gasteiger partial charge in [0.2, 0.25) is 0 Å². The van der Waals surface area contributed by atoms with E-state index in [1.54, 1.807) is 19.8 Å². The maximum atomic E-state index is 5.27. The number of ether oxygens (including phenoxy) is 1. The fourth-order valence-corrected chi connectivity index (χ4v) is 3.87. The van der Waals surface area contributed by atoms with Crippen LogP contribution in [0.2, 0.25) is 0 Å². The van der Waals surface area contributed by atoms with Crippen LogP contribution in [0.15, 0.2) is 55.5 Å². The van der Waals surface area contributed by atoms with Gasteiger partial charge in [-0.2, -0.15) is 0 Å². The molecule has 0 bridgehead atoms. The molecule has 8 nitrogen and oxygen atoms in total. The minimum Gasteiger partial charge on any atom is -0.497 e. The van der Waals surface area contributed by atoms with Crippen LogP contribution in [-0.4, -0.2) is 48.0 Å². The number of methoxy groups -OCH3 is 1. The Kier molecular flexibility index (Phi) is 4.17. The van der Waals surface area contributed by atoms with Crippen molar-refractivity contribution in [3.05, 3.63) is 78.4 Å². The molecule has 5 rings (SSSR count). The van der Waals surface area contributed by atoms with Crippen LogP contribution in [-0.2, 0) is 13.0 Å². The smallest absolute Gasteiger partial charge is 0.127 e. The highest BCUT2D eigenvalue weighted by molar-refractivity contribution is 5.38. The fourth-order valence-electron chi connectivity index (χ4n) is 3.87. The van der Waals surface area contributed by atoms with Gasteiger partial charge in [0.1, 0.15) is 11.6 Å². The SMILES string of the molecule is COc1ccc(-n2ccnc2CN2CCc3[nH]cnc3[C@H]2c2cnc[nH]2)cc1. The predicted molar refractivity (Wildman–Crippen MR) is 103 cm³/mol. The number of rotatable bonds is 5. The minimum atomic E-state index is 0.0264. The van der Waals surface area contributed by atoms with Gasteiger partial charge in [-0.3, -0.25) is 4.90 Å². The molecule has 0 radical (unpaired) electrons. The van der Waals surface area contributed by atoms with Gasteiger partial charge < -0.3 is 19.3 Å². The van der Waals surface area contributed by atoms with Crippen molar-refractivity contribution in [2.45, 2.75) is 19.0 Å². The Bertz CT molecular complexity index is 1050. The lowest BCUT2D eigenvalue weighted by Gasteiger charge is -2.34. The van der Waals surface area contributed by atoms with Crippen molar-refractivity contribution >= 4 is 0 Å². The molecular formula is C20H21N7O. The van der Waals surface area contributed by atoms with Gasteiger partial charge in [-0.1, -0.05) is 0 Å². The lowest BCUT2D eigenvalue weighted by Crippen LogP contribution is -2.36. The van der Waals surface area contributed by atoms with Gasteiger partial charge in [0, 0.05) is 42.9 Å². The average molecular weight is 375 g/mol. The fraction of sp³-hybridized carbons (Fsp3) is 0.250. The van der Waals surface area contributed by atoms with Gasteiger partial charge in [0.05, 0.1) is 43.7 Å². The number of hydrogen-bond donors (Lipinski definition) is 2. The highest BCUT2D eigenvalue weighted by Crippen LogP contribution is 2.33. The van der Waals surface area contributed by atoms with E-state index in [0.717, 1.165) is 41.6 Å². The zero-order valence-electron chi connectivity index (χ0n) is 15.5. The Morgan fingerprint density at radius 1 is 1.14 bits per heavy atom. The third-order valence-corrected chi connectivity index (χ3v) is 5.25. The van der Waals surface area contributed by atoms with Gasteiger partial charge in [-0.15, -0.1) is 0 Å². The Morgan fingerprint density at radius 3 is 2.82 bits per heavy atom. The standard InChI is InChI=1S/C20H21N7O/c1-28-15-4-2-14(3-5-15)27-9-7-22-18(27)11-26-8-6-16-19(25-13-24-16)20(26)17-10-21-12-23-17/h2-5,7,9-10,12-13,20H,6,8,11H2,1H3,(H,21,23)(H,24,25)/t20-/m1/s1. The Hall–Kier alpha value is -3.39. The van der Waals surface area contributed by atoms with E-state index in [1.165, 1.54) is 5.69 Å². The van der Waals surface area contributed by atoms with E-state index in [0.29, 0.717) is 6.54 Å². The van der Waals surface area contributed by atoms with E-state index in [9.17, 15) is 0 Å². The van der Waals surface area contributed by atoms with Crippen LogP contribution in [0.1, 0.15) is 28.9 Å². The Labute approximate surface area is 162 Å². The first-order valence-electron chi connectivity index (χ1n) is 9.24. The molecule has 0 fully saturated rings. The molecule has 0 saturated heterocycles. The average Bonchev–Trinajstić information content (AvgIpc) is 3.49. The number of aromatic nitrogens is 6. The summed E-state index contributed by atoms with van der Waals surface area (Å²) in [6, 6.07) is 8.03. The first-order valence-corrected chi connectivity index (χ1v) is 9.24. The summed E-state index contributed by atoms with van der Waals surface area (Å²) >= 11 is 0. The molecule has 142 valence electrons. The topological polar surface area (TPSA) is 87.7 Å². The zero-order chi connectivity index (χ0) is 18.9. The van der Waals surface area contributed by atoms with E-state index < -0.39 is 0 Å². The summed E-state index contributed by atoms with van der Waals surface area (Å²) < 4.78 is 7.38. The van der Waals surface area contributed by atoms with Crippen LogP contribution in [0.25, 0.3) is 5.69 Å². The molecule has 1 atom stereocenters. The number of aromatic amines is 2. The second-order valence-corrected chi connectivity index (χ2v) is 6.81. The van der Waals surface area contributed by atoms with Crippen molar-refractivity contribution in [2.75, 3.05) is 13.7 Å². The monoisotopic (exact) mass is 375 g/mol. The van der Waals surface area contributed by atoms with E-state index in [2.05, 4.69) is 34.4 Å². The molecule has 1 aliphatic rings. The van der Waals surface area contributed by atoms with Crippen molar-refractivity contribution in [3.63, 3.8) is 0 Å². The van der Waals surface area contributed by atoms with E-state index >= 15 is 0 Å². The third kappa shape index (κ3) is 2.87. The maximum absolute atomic E-state index is 5.27. The summed E-state index contributed by atoms with van der Waals surface area (Å²) in [6.45, 7) is 1.61. The molecule has 4 heterocycles. The quantitative estimate of drug-likeness (QED) is 0.560. The molecule has 0 unspecified atom stereocenters. The minimum absolute atomic E-state index is 0.0264. The van der Waals surface area contributed by atoms with Crippen LogP contribution in [0.4, 0.5) is 0 Å². The van der Waals surface area contributed by atoms with Crippen molar-refractivity contribution in [2.24, 2.45) is 0 Å². The highest BCUT2D eigenvalue weighted by Gasteiger charge is 2.32. The van der Waals surface area contributed by atoms with E-state index in [4.69, 9.17) is 4.74 Å². The van der Waals surface area contributed by atoms with Crippen LogP contribution in [0.3, 0.4) is 0 Å². The van der Waals surface area contributed by atoms with Crippen molar-refractivity contribution in [1.29, 1.82) is 0 Å². The molecule has 1 aliphatic heterocycles. The third-order valence-electron chi connectivity index (χ3n) is 5.25. The largest absolute Gasteiger partial charge is 0.497 e. The number of hydrogen-bond acceptors (Lipinski definition) is 5. The van der Waals surface area contributed by atoms with Gasteiger partial charge in [-0.05, 0) is 24.3 Å². The number of fused-ring (bicyclic) bond motifs is 1. The van der Waals surface area contributed by atoms with Gasteiger partial charge in [0.25, 0.3) is 0 Å². The summed E-state index contributed by atoms with van der Waals surface area (Å²) in [5.41, 5.74) is 4.34. The van der Waals surface area contributed by atoms with Crippen LogP contribution >= 0.6 is 0 Å². The number of nitrogens with zero attached hydrogens (tertiary/aromatic N) is 5. The van der Waals surface area contributed by atoms with E-state index in [-0.39, 0.29) is 6.04 Å². The summed E-state index contributed by atoms with van der Waals surface area (Å²) in [7, 11) is 1.67. The summed E-state index contributed by atoms with van der Waals surface area (Å²) in [5, 5.41) is 0. The van der Waals surface area contributed by atoms with Gasteiger partial charge >= 0.3 is 0 Å². The predicted octanol–water partition coefficient (Wildman–Crippen LogP) is 2.47. The molecule has 2 N–H and O–H groups in total. The summed E-state index contributed by atoms with van der Waals surface area (Å²) in [4.78, 5) is 22.3. The second-order valence-electron chi connectivity index (χ2n) is 6.81. The molecule has 0 amide bonds. The van der Waals surface area contributed by atoms with Crippen molar-refractivity contribution < 1.29 is 4.74 Å². The molecule has 0 saturated carbocycles. The molecule has 3 aromatic heterocycles. The molecular weight excluding hydrogens is 354 g/mol. The molecule has 0 spiro atoms. The molecule has 1 aromatic carbocycles. The maximum Gasteiger partial charge on any atom is 0.127 e. The van der Waals surface area contributed by atoms with Crippen molar-refractivity contribution in [3.8, 4) is 11.4 Å². The molecule has 28 heavy (non-hydrogen) atoms. The first kappa shape index (κ1) is 16.8. The molecule has 4 aromatic rings. The highest BCUT2D eigenvalue weighted by atomic mass is 16.5. The van der Waals surface area contributed by atoms with E-state index in [1.807, 2.05) is 42.9 Å². The van der Waals surface area contributed by atoms with Gasteiger partial charge in [-0.25, -0.2) is 15.0 Å². The van der Waals surface area contributed by atoms with Crippen LogP contribution < -0.4 is 4.74 Å². The number of H-pyrrole nitrogens is 2. The number of benzene rings is 1. The lowest BCUT2D eigenvalue weighted by atomic mass is 10.0. The molecule has 8 heteroatoms. The normalized spacial score (nSPS) is 16.8. The second kappa shape index (κ2) is 6.97. The lowest BCUT2D eigenvalue weighted by molar-refractivity contribution is 0.191. The summed E-state index contributed by atoms with van der Waals surface area (Å²) in [5.74, 6) is 1.82. The van der Waals surface area contributed by atoms with Crippen molar-refractivity contribution in [1.82, 2.24) is 34.4 Å². The number of nitrogens with one attached hydrogen (secondary N) is 2. The van der Waals surface area contributed by atoms with Crippen LogP contribution in [0.5, 0.6) is 5.75 Å². The Morgan fingerprint density at radius 2 is 2.04 bits per heavy atom. The Balaban J connectivity index is 1.47. The zero-order valence-corrected chi connectivity index (χ0v) is 15.5. The molecule has 0 aliphatic carbocycles. The van der Waals surface area contributed by atoms with Gasteiger partial charge in [0.15, 0.2) is 0 Å².